The van der Waals surface area contributed by atoms with Gasteiger partial charge in [-0.25, -0.2) is 4.79 Å². The largest absolute Gasteiger partial charge is 0.478 e. The number of hydrogen-bond donors (Lipinski definition) is 2. The van der Waals surface area contributed by atoms with E-state index in [4.69, 9.17) is 10.8 Å². The summed E-state index contributed by atoms with van der Waals surface area (Å²) < 4.78 is 0.951. The van der Waals surface area contributed by atoms with Gasteiger partial charge in [0.1, 0.15) is 0 Å². The lowest BCUT2D eigenvalue weighted by Crippen LogP contribution is -1.96. The molecule has 0 spiro atoms. The van der Waals surface area contributed by atoms with Gasteiger partial charge in [0.25, 0.3) is 0 Å². The molecule has 98 valence electrons. The highest BCUT2D eigenvalue weighted by Crippen LogP contribution is 2.31. The number of aromatic carboxylic acids is 1. The lowest BCUT2D eigenvalue weighted by molar-refractivity contribution is 0.0697. The zero-order valence-corrected chi connectivity index (χ0v) is 12.4. The number of nitrogens with two attached hydrogens (primary N) is 1. The van der Waals surface area contributed by atoms with Gasteiger partial charge < -0.3 is 10.8 Å². The summed E-state index contributed by atoms with van der Waals surface area (Å²) in [6, 6.07) is 12.6. The van der Waals surface area contributed by atoms with Gasteiger partial charge in [-0.1, -0.05) is 12.1 Å². The average Bonchev–Trinajstić information content (AvgIpc) is 2.38. The maximum Gasteiger partial charge on any atom is 0.335 e. The number of carboxylic acids is 1. The Morgan fingerprint density at radius 1 is 1.26 bits per heavy atom. The summed E-state index contributed by atoms with van der Waals surface area (Å²) in [4.78, 5) is 12.0. The van der Waals surface area contributed by atoms with Crippen LogP contribution in [-0.2, 0) is 5.75 Å². The van der Waals surface area contributed by atoms with Crippen LogP contribution in [0.2, 0.25) is 0 Å². The van der Waals surface area contributed by atoms with Gasteiger partial charge in [0.05, 0.1) is 5.56 Å². The van der Waals surface area contributed by atoms with Crippen LogP contribution in [0, 0.1) is 0 Å². The standard InChI is InChI=1S/C14H12BrNO2S/c15-12-7-11(16)4-5-13(12)19-8-9-2-1-3-10(6-9)14(17)18/h1-7H,8,16H2,(H,17,18). The Morgan fingerprint density at radius 2 is 2.05 bits per heavy atom. The van der Waals surface area contributed by atoms with Crippen molar-refractivity contribution in [3.63, 3.8) is 0 Å². The summed E-state index contributed by atoms with van der Waals surface area (Å²) in [6.07, 6.45) is 0. The molecule has 3 N–H and O–H groups in total. The summed E-state index contributed by atoms with van der Waals surface area (Å²) in [6.45, 7) is 0. The Morgan fingerprint density at radius 3 is 2.74 bits per heavy atom. The van der Waals surface area contributed by atoms with Crippen molar-refractivity contribution >= 4 is 39.3 Å². The van der Waals surface area contributed by atoms with Gasteiger partial charge in [0.2, 0.25) is 0 Å². The van der Waals surface area contributed by atoms with Gasteiger partial charge >= 0.3 is 5.97 Å². The molecule has 0 unspecified atom stereocenters. The first-order chi connectivity index (χ1) is 9.06. The van der Waals surface area contributed by atoms with Crippen molar-refractivity contribution in [2.45, 2.75) is 10.6 Å². The van der Waals surface area contributed by atoms with E-state index in [0.29, 0.717) is 17.0 Å². The quantitative estimate of drug-likeness (QED) is 0.653. The van der Waals surface area contributed by atoms with Gasteiger partial charge in [-0.2, -0.15) is 0 Å². The molecule has 0 fully saturated rings. The molecule has 0 saturated carbocycles. The van der Waals surface area contributed by atoms with Crippen LogP contribution in [-0.4, -0.2) is 11.1 Å². The van der Waals surface area contributed by atoms with Crippen molar-refractivity contribution in [1.29, 1.82) is 0 Å². The molecule has 2 aromatic rings. The minimum Gasteiger partial charge on any atom is -0.478 e. The zero-order chi connectivity index (χ0) is 13.8. The van der Waals surface area contributed by atoms with Gasteiger partial charge in [0.15, 0.2) is 0 Å². The maximum atomic E-state index is 10.9. The van der Waals surface area contributed by atoms with E-state index in [1.165, 1.54) is 0 Å². The van der Waals surface area contributed by atoms with Crippen LogP contribution in [0.4, 0.5) is 5.69 Å². The highest BCUT2D eigenvalue weighted by atomic mass is 79.9. The molecule has 0 aromatic heterocycles. The number of nitrogen functional groups attached to an aromatic ring is 1. The number of carbonyl (C=O) groups is 1. The highest BCUT2D eigenvalue weighted by Gasteiger charge is 2.05. The zero-order valence-electron chi connectivity index (χ0n) is 9.97. The van der Waals surface area contributed by atoms with Gasteiger partial charge in [-0.15, -0.1) is 11.8 Å². The first kappa shape index (κ1) is 14.0. The normalized spacial score (nSPS) is 10.4. The fourth-order valence-electron chi connectivity index (χ4n) is 1.59. The molecule has 19 heavy (non-hydrogen) atoms. The maximum absolute atomic E-state index is 10.9. The summed E-state index contributed by atoms with van der Waals surface area (Å²) in [5.41, 5.74) is 7.69. The topological polar surface area (TPSA) is 63.3 Å². The second-order valence-electron chi connectivity index (χ2n) is 3.98. The fourth-order valence-corrected chi connectivity index (χ4v) is 3.19. The average molecular weight is 338 g/mol. The molecule has 0 aliphatic heterocycles. The molecule has 0 aliphatic carbocycles. The van der Waals surface area contributed by atoms with E-state index in [2.05, 4.69) is 15.9 Å². The van der Waals surface area contributed by atoms with Crippen LogP contribution in [0.15, 0.2) is 51.8 Å². The molecule has 5 heteroatoms. The third kappa shape index (κ3) is 3.75. The second kappa shape index (κ2) is 6.12. The first-order valence-corrected chi connectivity index (χ1v) is 7.34. The predicted molar refractivity (Wildman–Crippen MR) is 81.5 cm³/mol. The predicted octanol–water partition coefficient (Wildman–Crippen LogP) is 4.02. The van der Waals surface area contributed by atoms with E-state index in [-0.39, 0.29) is 0 Å². The Balaban J connectivity index is 2.10. The minimum absolute atomic E-state index is 0.314. The number of hydrogen-bond acceptors (Lipinski definition) is 3. The Kier molecular flexibility index (Phi) is 4.50. The Labute approximate surface area is 124 Å². The van der Waals surface area contributed by atoms with Crippen molar-refractivity contribution in [3.8, 4) is 0 Å². The third-order valence-electron chi connectivity index (χ3n) is 2.52. The lowest BCUT2D eigenvalue weighted by Gasteiger charge is -2.06. The van der Waals surface area contributed by atoms with Crippen LogP contribution < -0.4 is 5.73 Å². The SMILES string of the molecule is Nc1ccc(SCc2cccc(C(=O)O)c2)c(Br)c1. The number of thioether (sulfide) groups is 1. The molecular weight excluding hydrogens is 326 g/mol. The summed E-state index contributed by atoms with van der Waals surface area (Å²) >= 11 is 5.10. The van der Waals surface area contributed by atoms with Gasteiger partial charge in [0, 0.05) is 20.8 Å². The smallest absolute Gasteiger partial charge is 0.335 e. The van der Waals surface area contributed by atoms with E-state index >= 15 is 0 Å². The molecule has 0 radical (unpaired) electrons. The molecule has 0 amide bonds. The van der Waals surface area contributed by atoms with Gasteiger partial charge in [-0.05, 0) is 51.8 Å². The molecule has 0 aliphatic rings. The summed E-state index contributed by atoms with van der Waals surface area (Å²) in [5.74, 6) is -0.190. The number of halogens is 1. The number of carboxylic acid groups (broad SMARTS) is 1. The minimum atomic E-state index is -0.902. The van der Waals surface area contributed by atoms with E-state index in [0.717, 1.165) is 14.9 Å². The number of benzene rings is 2. The number of anilines is 1. The van der Waals surface area contributed by atoms with Crippen molar-refractivity contribution < 1.29 is 9.90 Å². The molecule has 2 aromatic carbocycles. The number of rotatable bonds is 4. The molecule has 2 rings (SSSR count). The van der Waals surface area contributed by atoms with Crippen molar-refractivity contribution in [3.05, 3.63) is 58.1 Å². The Hall–Kier alpha value is -1.46. The van der Waals surface area contributed by atoms with E-state index < -0.39 is 5.97 Å². The van der Waals surface area contributed by atoms with E-state index in [1.807, 2.05) is 24.3 Å². The monoisotopic (exact) mass is 337 g/mol. The van der Waals surface area contributed by atoms with Crippen LogP contribution in [0.1, 0.15) is 15.9 Å². The van der Waals surface area contributed by atoms with Crippen LogP contribution in [0.25, 0.3) is 0 Å². The van der Waals surface area contributed by atoms with Crippen molar-refractivity contribution in [1.82, 2.24) is 0 Å². The Bertz CT molecular complexity index is 616. The van der Waals surface area contributed by atoms with E-state index in [9.17, 15) is 4.79 Å². The van der Waals surface area contributed by atoms with Crippen LogP contribution in [0.5, 0.6) is 0 Å². The lowest BCUT2D eigenvalue weighted by atomic mass is 10.1. The van der Waals surface area contributed by atoms with E-state index in [1.54, 1.807) is 30.0 Å². The van der Waals surface area contributed by atoms with Crippen molar-refractivity contribution in [2.24, 2.45) is 0 Å². The molecule has 0 bridgehead atoms. The molecule has 0 atom stereocenters. The summed E-state index contributed by atoms with van der Waals surface area (Å²) in [7, 11) is 0. The van der Waals surface area contributed by atoms with Crippen LogP contribution in [0.3, 0.4) is 0 Å². The molecule has 0 heterocycles. The highest BCUT2D eigenvalue weighted by molar-refractivity contribution is 9.10. The fraction of sp³-hybridized carbons (Fsp3) is 0.0714. The van der Waals surface area contributed by atoms with Crippen molar-refractivity contribution in [2.75, 3.05) is 5.73 Å². The first-order valence-electron chi connectivity index (χ1n) is 5.56. The second-order valence-corrected chi connectivity index (χ2v) is 5.86. The summed E-state index contributed by atoms with van der Waals surface area (Å²) in [5, 5.41) is 8.94. The molecule has 3 nitrogen and oxygen atoms in total. The molecular formula is C14H12BrNO2S. The molecule has 0 saturated heterocycles. The van der Waals surface area contributed by atoms with Gasteiger partial charge in [-0.3, -0.25) is 0 Å². The third-order valence-corrected chi connectivity index (χ3v) is 4.59. The van der Waals surface area contributed by atoms with Crippen LogP contribution >= 0.6 is 27.7 Å².